The van der Waals surface area contributed by atoms with Gasteiger partial charge in [-0.2, -0.15) is 5.26 Å². The number of carbonyl (C=O) groups is 1. The average molecular weight is 338 g/mol. The maximum Gasteiger partial charge on any atom is 0.349 e. The van der Waals surface area contributed by atoms with Crippen LogP contribution in [-0.4, -0.2) is 20.1 Å². The fourth-order valence-electron chi connectivity index (χ4n) is 1.89. The normalized spacial score (nSPS) is 10.2. The van der Waals surface area contributed by atoms with Gasteiger partial charge in [-0.05, 0) is 12.1 Å². The van der Waals surface area contributed by atoms with Crippen molar-refractivity contribution >= 4 is 11.7 Å². The van der Waals surface area contributed by atoms with Crippen LogP contribution in [0.5, 0.6) is 5.75 Å². The minimum Gasteiger partial charge on any atom is -0.423 e. The molecule has 0 aliphatic carbocycles. The number of hydrogen-bond donors (Lipinski definition) is 0. The molecule has 2 aromatic carbocycles. The van der Waals surface area contributed by atoms with Crippen LogP contribution >= 0.6 is 0 Å². The van der Waals surface area contributed by atoms with Crippen molar-refractivity contribution in [2.75, 3.05) is 19.0 Å². The first-order chi connectivity index (χ1) is 11.2. The molecule has 4 nitrogen and oxygen atoms in total. The fraction of sp³-hybridized carbons (Fsp3) is 0.125. The van der Waals surface area contributed by atoms with Gasteiger partial charge in [-0.3, -0.25) is 0 Å². The summed E-state index contributed by atoms with van der Waals surface area (Å²) >= 11 is 0. The van der Waals surface area contributed by atoms with Crippen LogP contribution in [0.25, 0.3) is 0 Å². The lowest BCUT2D eigenvalue weighted by atomic mass is 10.1. The van der Waals surface area contributed by atoms with E-state index in [1.54, 1.807) is 14.1 Å². The molecule has 0 atom stereocenters. The van der Waals surface area contributed by atoms with E-state index in [9.17, 15) is 22.4 Å². The van der Waals surface area contributed by atoms with E-state index >= 15 is 0 Å². The number of esters is 1. The average Bonchev–Trinajstić information content (AvgIpc) is 2.45. The molecule has 0 unspecified atom stereocenters. The van der Waals surface area contributed by atoms with Gasteiger partial charge in [0.2, 0.25) is 0 Å². The molecular formula is C16H10F4N2O2. The maximum absolute atomic E-state index is 13.9. The van der Waals surface area contributed by atoms with Gasteiger partial charge in [0.05, 0.1) is 0 Å². The molecule has 0 amide bonds. The highest BCUT2D eigenvalue weighted by Gasteiger charge is 2.22. The zero-order chi connectivity index (χ0) is 18.0. The summed E-state index contributed by atoms with van der Waals surface area (Å²) < 4.78 is 59.4. The third-order valence-corrected chi connectivity index (χ3v) is 3.09. The monoisotopic (exact) mass is 338 g/mol. The SMILES string of the molecule is CN(C)c1cc(F)c(C(=O)Oc2cc(F)c(C#N)c(F)c2)c(F)c1. The van der Waals surface area contributed by atoms with Crippen molar-refractivity contribution in [1.29, 1.82) is 5.26 Å². The van der Waals surface area contributed by atoms with E-state index in [-0.39, 0.29) is 5.69 Å². The van der Waals surface area contributed by atoms with Gasteiger partial charge in [-0.1, -0.05) is 0 Å². The first-order valence-corrected chi connectivity index (χ1v) is 6.52. The first kappa shape index (κ1) is 17.3. The Hall–Kier alpha value is -3.08. The highest BCUT2D eigenvalue weighted by molar-refractivity contribution is 5.92. The van der Waals surface area contributed by atoms with Crippen molar-refractivity contribution in [1.82, 2.24) is 0 Å². The molecule has 0 aromatic heterocycles. The molecule has 0 saturated carbocycles. The molecular weight excluding hydrogens is 328 g/mol. The first-order valence-electron chi connectivity index (χ1n) is 6.52. The van der Waals surface area contributed by atoms with Crippen LogP contribution in [0, 0.1) is 34.6 Å². The van der Waals surface area contributed by atoms with Crippen molar-refractivity contribution in [3.05, 3.63) is 58.7 Å². The number of ether oxygens (including phenoxy) is 1. The van der Waals surface area contributed by atoms with E-state index < -0.39 is 46.1 Å². The molecule has 2 aromatic rings. The smallest absolute Gasteiger partial charge is 0.349 e. The molecule has 8 heteroatoms. The predicted molar refractivity (Wildman–Crippen MR) is 76.7 cm³/mol. The van der Waals surface area contributed by atoms with E-state index in [0.29, 0.717) is 12.1 Å². The Kier molecular flexibility index (Phi) is 4.74. The lowest BCUT2D eigenvalue weighted by molar-refractivity contribution is 0.0724. The Morgan fingerprint density at radius 1 is 1.00 bits per heavy atom. The topological polar surface area (TPSA) is 53.3 Å². The van der Waals surface area contributed by atoms with Gasteiger partial charge >= 0.3 is 5.97 Å². The molecule has 0 heterocycles. The molecule has 0 radical (unpaired) electrons. The quantitative estimate of drug-likeness (QED) is 0.489. The summed E-state index contributed by atoms with van der Waals surface area (Å²) in [6.07, 6.45) is 0. The van der Waals surface area contributed by atoms with Crippen LogP contribution < -0.4 is 9.64 Å². The fourth-order valence-corrected chi connectivity index (χ4v) is 1.89. The van der Waals surface area contributed by atoms with Crippen LogP contribution in [0.3, 0.4) is 0 Å². The molecule has 2 rings (SSSR count). The number of rotatable bonds is 3. The molecule has 0 fully saturated rings. The molecule has 0 aliphatic rings. The zero-order valence-electron chi connectivity index (χ0n) is 12.5. The van der Waals surface area contributed by atoms with Crippen molar-refractivity contribution in [2.45, 2.75) is 0 Å². The van der Waals surface area contributed by atoms with Gasteiger partial charge in [-0.15, -0.1) is 0 Å². The molecule has 0 bridgehead atoms. The predicted octanol–water partition coefficient (Wildman–Crippen LogP) is 3.40. The second-order valence-corrected chi connectivity index (χ2v) is 4.94. The second-order valence-electron chi connectivity index (χ2n) is 4.94. The molecule has 0 spiro atoms. The Balaban J connectivity index is 2.36. The number of hydrogen-bond acceptors (Lipinski definition) is 4. The van der Waals surface area contributed by atoms with E-state index in [4.69, 9.17) is 5.26 Å². The number of anilines is 1. The third kappa shape index (κ3) is 3.30. The van der Waals surface area contributed by atoms with Gasteiger partial charge in [0.25, 0.3) is 0 Å². The molecule has 0 N–H and O–H groups in total. The van der Waals surface area contributed by atoms with E-state index in [1.807, 2.05) is 0 Å². The second kappa shape index (κ2) is 6.58. The molecule has 0 saturated heterocycles. The van der Waals surface area contributed by atoms with Crippen molar-refractivity contribution in [3.8, 4) is 11.8 Å². The lowest BCUT2D eigenvalue weighted by Gasteiger charge is -2.14. The van der Waals surface area contributed by atoms with Gasteiger partial charge in [-0.25, -0.2) is 22.4 Å². The van der Waals surface area contributed by atoms with Crippen LogP contribution in [0.2, 0.25) is 0 Å². The van der Waals surface area contributed by atoms with Crippen LogP contribution in [-0.2, 0) is 0 Å². The van der Waals surface area contributed by atoms with Crippen LogP contribution in [0.4, 0.5) is 23.2 Å². The minimum atomic E-state index is -1.46. The van der Waals surface area contributed by atoms with E-state index in [0.717, 1.165) is 12.1 Å². The number of nitriles is 1. The van der Waals surface area contributed by atoms with Crippen LogP contribution in [0.1, 0.15) is 15.9 Å². The summed E-state index contributed by atoms with van der Waals surface area (Å²) in [7, 11) is 3.10. The van der Waals surface area contributed by atoms with Gasteiger partial charge in [0.1, 0.15) is 46.2 Å². The summed E-state index contributed by atoms with van der Waals surface area (Å²) in [4.78, 5) is 13.3. The molecule has 24 heavy (non-hydrogen) atoms. The van der Waals surface area contributed by atoms with Gasteiger partial charge in [0.15, 0.2) is 0 Å². The van der Waals surface area contributed by atoms with E-state index in [2.05, 4.69) is 4.74 Å². The number of halogens is 4. The Morgan fingerprint density at radius 2 is 1.50 bits per heavy atom. The summed E-state index contributed by atoms with van der Waals surface area (Å²) in [6, 6.07) is 4.27. The molecule has 124 valence electrons. The zero-order valence-corrected chi connectivity index (χ0v) is 12.5. The van der Waals surface area contributed by atoms with Crippen molar-refractivity contribution < 1.29 is 27.1 Å². The maximum atomic E-state index is 13.9. The van der Waals surface area contributed by atoms with Crippen molar-refractivity contribution in [3.63, 3.8) is 0 Å². The summed E-state index contributed by atoms with van der Waals surface area (Å²) in [5.41, 5.74) is -1.68. The largest absolute Gasteiger partial charge is 0.423 e. The Labute approximate surface area is 134 Å². The minimum absolute atomic E-state index is 0.178. The number of nitrogens with zero attached hydrogens (tertiary/aromatic N) is 2. The standard InChI is InChI=1S/C16H10F4N2O2/c1-22(2)8-3-13(19)15(14(20)4-8)16(23)24-9-5-11(17)10(7-21)12(18)6-9/h3-6H,1-2H3. The molecule has 0 aliphatic heterocycles. The van der Waals surface area contributed by atoms with Gasteiger partial charge < -0.3 is 9.64 Å². The summed E-state index contributed by atoms with van der Waals surface area (Å²) in [5, 5.41) is 8.55. The van der Waals surface area contributed by atoms with Gasteiger partial charge in [0, 0.05) is 31.9 Å². The number of carbonyl (C=O) groups excluding carboxylic acids is 1. The van der Waals surface area contributed by atoms with Crippen molar-refractivity contribution in [2.24, 2.45) is 0 Å². The van der Waals surface area contributed by atoms with E-state index in [1.165, 1.54) is 11.0 Å². The highest BCUT2D eigenvalue weighted by Crippen LogP contribution is 2.24. The summed E-state index contributed by atoms with van der Waals surface area (Å²) in [5.74, 6) is -6.96. The Morgan fingerprint density at radius 3 is 1.92 bits per heavy atom. The summed E-state index contributed by atoms with van der Waals surface area (Å²) in [6.45, 7) is 0. The Bertz CT molecular complexity index is 814. The third-order valence-electron chi connectivity index (χ3n) is 3.09. The lowest BCUT2D eigenvalue weighted by Crippen LogP contribution is -2.16. The highest BCUT2D eigenvalue weighted by atomic mass is 19.1. The van der Waals surface area contributed by atoms with Crippen LogP contribution in [0.15, 0.2) is 24.3 Å². The number of benzene rings is 2.